The number of esters is 4. The lowest BCUT2D eigenvalue weighted by Crippen LogP contribution is -2.63. The first-order valence-corrected chi connectivity index (χ1v) is 14.3. The molecule has 3 N–H and O–H groups in total. The first-order chi connectivity index (χ1) is 19.1. The number of carbonyl (C=O) groups excluding carboxylic acids is 4. The quantitative estimate of drug-likeness (QED) is 0.114. The summed E-state index contributed by atoms with van der Waals surface area (Å²) in [5.74, 6) is -4.24. The van der Waals surface area contributed by atoms with Crippen LogP contribution in [0.5, 0.6) is 0 Å². The van der Waals surface area contributed by atoms with Crippen LogP contribution in [0.2, 0.25) is 0 Å². The van der Waals surface area contributed by atoms with Gasteiger partial charge in [0, 0.05) is 25.3 Å². The van der Waals surface area contributed by atoms with E-state index in [1.807, 2.05) is 0 Å². The summed E-state index contributed by atoms with van der Waals surface area (Å²) in [5.41, 5.74) is -6.14. The monoisotopic (exact) mass is 580 g/mol. The molecule has 3 aliphatic rings. The topological polar surface area (TPSA) is 166 Å². The Morgan fingerprint density at radius 1 is 1.07 bits per heavy atom. The standard InChI is InChI=1S/C30H44O11/c1-8-10-11-12-13-14-20(32)39-24-22-21(17(4)23(24)40-26(34)16(3)9-2)25(33)30(37)19(38-27(35)29(30,7)36)15-28(22,6)41-18(5)31/h9,19,22-25,33,36-37H,8,10-15H2,1-7H3/b16-9-/t19-,22+,23-,24-,25-,28-,29?,30?/m1/s1. The summed E-state index contributed by atoms with van der Waals surface area (Å²) in [6.45, 7) is 10.6. The summed E-state index contributed by atoms with van der Waals surface area (Å²) in [7, 11) is 0. The summed E-state index contributed by atoms with van der Waals surface area (Å²) in [4.78, 5) is 51.0. The first kappa shape index (κ1) is 32.8. The minimum atomic E-state index is -2.55. The number of allylic oxidation sites excluding steroid dienone is 1. The molecule has 0 radical (unpaired) electrons. The average molecular weight is 581 g/mol. The summed E-state index contributed by atoms with van der Waals surface area (Å²) >= 11 is 0. The van der Waals surface area contributed by atoms with Gasteiger partial charge in [0.25, 0.3) is 0 Å². The van der Waals surface area contributed by atoms with E-state index in [-0.39, 0.29) is 29.6 Å². The molecule has 1 saturated heterocycles. The van der Waals surface area contributed by atoms with Crippen molar-refractivity contribution in [3.63, 3.8) is 0 Å². The molecule has 8 atom stereocenters. The molecule has 0 aromatic carbocycles. The zero-order chi connectivity index (χ0) is 30.9. The Morgan fingerprint density at radius 2 is 1.71 bits per heavy atom. The van der Waals surface area contributed by atoms with Gasteiger partial charge < -0.3 is 34.3 Å². The molecule has 1 aliphatic heterocycles. The molecule has 1 heterocycles. The Labute approximate surface area is 240 Å². The highest BCUT2D eigenvalue weighted by molar-refractivity contribution is 5.88. The molecule has 1 saturated carbocycles. The molecule has 0 aromatic rings. The van der Waals surface area contributed by atoms with Gasteiger partial charge in [-0.25, -0.2) is 9.59 Å². The van der Waals surface area contributed by atoms with Gasteiger partial charge in [0.2, 0.25) is 0 Å². The Kier molecular flexibility index (Phi) is 9.77. The van der Waals surface area contributed by atoms with E-state index >= 15 is 0 Å². The van der Waals surface area contributed by atoms with E-state index in [1.165, 1.54) is 20.8 Å². The van der Waals surface area contributed by atoms with Crippen molar-refractivity contribution in [1.82, 2.24) is 0 Å². The Balaban J connectivity index is 2.13. The molecule has 230 valence electrons. The highest BCUT2D eigenvalue weighted by Crippen LogP contribution is 2.56. The second-order valence-corrected chi connectivity index (χ2v) is 11.8. The van der Waals surface area contributed by atoms with E-state index in [9.17, 15) is 34.5 Å². The average Bonchev–Trinajstić information content (AvgIpc) is 3.22. The zero-order valence-electron chi connectivity index (χ0n) is 25.0. The molecule has 0 amide bonds. The largest absolute Gasteiger partial charge is 0.459 e. The van der Waals surface area contributed by atoms with Crippen LogP contribution in [0, 0.1) is 5.92 Å². The van der Waals surface area contributed by atoms with Gasteiger partial charge in [-0.1, -0.05) is 38.7 Å². The Hall–Kier alpha value is -2.76. The van der Waals surface area contributed by atoms with Crippen molar-refractivity contribution in [2.75, 3.05) is 0 Å². The van der Waals surface area contributed by atoms with Crippen LogP contribution in [0.25, 0.3) is 0 Å². The predicted octanol–water partition coefficient (Wildman–Crippen LogP) is 2.58. The van der Waals surface area contributed by atoms with Crippen LogP contribution in [0.3, 0.4) is 0 Å². The van der Waals surface area contributed by atoms with Gasteiger partial charge in [-0.2, -0.15) is 0 Å². The molecular formula is C30H44O11. The van der Waals surface area contributed by atoms with Crippen LogP contribution < -0.4 is 0 Å². The second-order valence-electron chi connectivity index (χ2n) is 11.8. The minimum Gasteiger partial charge on any atom is -0.459 e. The van der Waals surface area contributed by atoms with Gasteiger partial charge in [0.1, 0.15) is 17.8 Å². The minimum absolute atomic E-state index is 0.0361. The van der Waals surface area contributed by atoms with Crippen LogP contribution in [0.4, 0.5) is 0 Å². The molecule has 11 heteroatoms. The number of hydrogen-bond acceptors (Lipinski definition) is 11. The molecule has 0 aromatic heterocycles. The van der Waals surface area contributed by atoms with Gasteiger partial charge in [0.05, 0.1) is 5.92 Å². The van der Waals surface area contributed by atoms with Crippen molar-refractivity contribution in [2.45, 2.75) is 135 Å². The number of rotatable bonds is 10. The summed E-state index contributed by atoms with van der Waals surface area (Å²) in [5, 5.41) is 34.6. The van der Waals surface area contributed by atoms with E-state index in [0.29, 0.717) is 6.42 Å². The second kappa shape index (κ2) is 12.2. The lowest BCUT2D eigenvalue weighted by atomic mass is 9.75. The third kappa shape index (κ3) is 5.81. The number of ether oxygens (including phenoxy) is 4. The third-order valence-corrected chi connectivity index (χ3v) is 8.84. The van der Waals surface area contributed by atoms with Gasteiger partial charge in [-0.15, -0.1) is 0 Å². The van der Waals surface area contributed by atoms with Crippen molar-refractivity contribution in [3.05, 3.63) is 22.8 Å². The maximum absolute atomic E-state index is 13.1. The highest BCUT2D eigenvalue weighted by atomic mass is 16.6. The van der Waals surface area contributed by atoms with Crippen molar-refractivity contribution in [3.8, 4) is 0 Å². The van der Waals surface area contributed by atoms with E-state index in [2.05, 4.69) is 6.92 Å². The molecule has 0 bridgehead atoms. The molecule has 2 fully saturated rings. The van der Waals surface area contributed by atoms with E-state index in [1.54, 1.807) is 19.9 Å². The maximum Gasteiger partial charge on any atom is 0.341 e. The Morgan fingerprint density at radius 3 is 2.29 bits per heavy atom. The number of fused-ring (bicyclic) bond motifs is 2. The summed E-state index contributed by atoms with van der Waals surface area (Å²) in [6.07, 6.45) is -0.0755. The fourth-order valence-corrected chi connectivity index (χ4v) is 6.38. The normalized spacial score (nSPS) is 36.7. The molecule has 0 spiro atoms. The van der Waals surface area contributed by atoms with Crippen LogP contribution in [-0.2, 0) is 38.1 Å². The number of aliphatic hydroxyl groups is 3. The fraction of sp³-hybridized carbons (Fsp3) is 0.733. The van der Waals surface area contributed by atoms with Gasteiger partial charge in [-0.05, 0) is 52.2 Å². The molecular weight excluding hydrogens is 536 g/mol. The lowest BCUT2D eigenvalue weighted by Gasteiger charge is -2.39. The van der Waals surface area contributed by atoms with E-state index in [4.69, 9.17) is 18.9 Å². The number of hydrogen-bond donors (Lipinski definition) is 3. The molecule has 41 heavy (non-hydrogen) atoms. The smallest absolute Gasteiger partial charge is 0.341 e. The van der Waals surface area contributed by atoms with Crippen LogP contribution >= 0.6 is 0 Å². The van der Waals surface area contributed by atoms with Gasteiger partial charge >= 0.3 is 23.9 Å². The predicted molar refractivity (Wildman–Crippen MR) is 145 cm³/mol. The van der Waals surface area contributed by atoms with Crippen LogP contribution in [-0.4, -0.2) is 80.4 Å². The number of carbonyl (C=O) groups is 4. The van der Waals surface area contributed by atoms with E-state index in [0.717, 1.165) is 32.6 Å². The molecule has 11 nitrogen and oxygen atoms in total. The lowest BCUT2D eigenvalue weighted by molar-refractivity contribution is -0.187. The van der Waals surface area contributed by atoms with Crippen molar-refractivity contribution in [1.29, 1.82) is 0 Å². The summed E-state index contributed by atoms with van der Waals surface area (Å²) < 4.78 is 22.9. The fourth-order valence-electron chi connectivity index (χ4n) is 6.38. The third-order valence-electron chi connectivity index (χ3n) is 8.84. The Bertz CT molecular complexity index is 1120. The van der Waals surface area contributed by atoms with Crippen molar-refractivity contribution >= 4 is 23.9 Å². The van der Waals surface area contributed by atoms with Crippen LogP contribution in [0.1, 0.15) is 93.4 Å². The van der Waals surface area contributed by atoms with E-state index < -0.39 is 71.0 Å². The molecule has 2 aliphatic carbocycles. The summed E-state index contributed by atoms with van der Waals surface area (Å²) in [6, 6.07) is 0. The van der Waals surface area contributed by atoms with Crippen molar-refractivity contribution < 1.29 is 53.4 Å². The van der Waals surface area contributed by atoms with Crippen molar-refractivity contribution in [2.24, 2.45) is 5.92 Å². The zero-order valence-corrected chi connectivity index (χ0v) is 25.0. The van der Waals surface area contributed by atoms with Gasteiger partial charge in [0.15, 0.2) is 23.4 Å². The SMILES string of the molecule is C/C=C(/C)C(=O)O[C@@H]1C(C)=C2[C@@H](O)C3(O)[C@@H](C[C@@](C)(OC(C)=O)[C@@H]2[C@H]1OC(=O)CCCCCCC)OC(=O)C3(C)O. The highest BCUT2D eigenvalue weighted by Gasteiger charge is 2.74. The first-order valence-electron chi connectivity index (χ1n) is 14.3. The van der Waals surface area contributed by atoms with Gasteiger partial charge in [-0.3, -0.25) is 9.59 Å². The molecule has 2 unspecified atom stereocenters. The number of aliphatic hydroxyl groups excluding tert-OH is 1. The number of unbranched alkanes of at least 4 members (excludes halogenated alkanes) is 4. The molecule has 3 rings (SSSR count). The van der Waals surface area contributed by atoms with Crippen LogP contribution in [0.15, 0.2) is 22.8 Å². The maximum atomic E-state index is 13.1.